The van der Waals surface area contributed by atoms with Gasteiger partial charge in [0.15, 0.2) is 0 Å². The molecule has 0 spiro atoms. The number of carbonyl (C=O) groups excluding carboxylic acids is 1. The fourth-order valence-electron chi connectivity index (χ4n) is 3.61. The Morgan fingerprint density at radius 2 is 1.61 bits per heavy atom. The van der Waals surface area contributed by atoms with Crippen LogP contribution in [-0.4, -0.2) is 64.1 Å². The molecule has 0 heterocycles. The zero-order valence-corrected chi connectivity index (χ0v) is 15.1. The molecular formula is C17H19B3O8. The first-order chi connectivity index (χ1) is 13.2. The van der Waals surface area contributed by atoms with Crippen LogP contribution in [0.4, 0.5) is 0 Å². The molecule has 28 heavy (non-hydrogen) atoms. The molecule has 1 unspecified atom stereocenters. The largest absolute Gasteiger partial charge is 0.488 e. The van der Waals surface area contributed by atoms with Gasteiger partial charge in [-0.25, -0.2) is 0 Å². The highest BCUT2D eigenvalue weighted by Crippen LogP contribution is 2.39. The average molecular weight is 384 g/mol. The SMILES string of the molecule is CCOC(=O)C1Cc2cc(B(O)O)c(B(O)O)cc2-c2ccc(B(O)O)cc21. The van der Waals surface area contributed by atoms with E-state index in [1.54, 1.807) is 13.0 Å². The number of hydrogen-bond acceptors (Lipinski definition) is 8. The van der Waals surface area contributed by atoms with Crippen molar-refractivity contribution in [2.24, 2.45) is 0 Å². The third-order valence-electron chi connectivity index (χ3n) is 4.90. The van der Waals surface area contributed by atoms with E-state index in [1.807, 2.05) is 0 Å². The average Bonchev–Trinajstić information content (AvgIpc) is 2.65. The lowest BCUT2D eigenvalue weighted by Gasteiger charge is -2.28. The number of benzene rings is 2. The summed E-state index contributed by atoms with van der Waals surface area (Å²) in [6, 6.07) is 7.47. The molecule has 2 aromatic rings. The van der Waals surface area contributed by atoms with Gasteiger partial charge in [0, 0.05) is 0 Å². The third-order valence-corrected chi connectivity index (χ3v) is 4.90. The summed E-state index contributed by atoms with van der Waals surface area (Å²) >= 11 is 0. The van der Waals surface area contributed by atoms with E-state index < -0.39 is 33.2 Å². The smallest absolute Gasteiger partial charge is 0.466 e. The topological polar surface area (TPSA) is 148 Å². The molecule has 0 fully saturated rings. The van der Waals surface area contributed by atoms with Crippen LogP contribution >= 0.6 is 0 Å². The maximum Gasteiger partial charge on any atom is 0.488 e. The lowest BCUT2D eigenvalue weighted by Crippen LogP contribution is -2.50. The Bertz CT molecular complexity index is 900. The van der Waals surface area contributed by atoms with Crippen LogP contribution in [0.25, 0.3) is 11.1 Å². The van der Waals surface area contributed by atoms with Gasteiger partial charge in [-0.15, -0.1) is 0 Å². The van der Waals surface area contributed by atoms with Gasteiger partial charge in [-0.2, -0.15) is 0 Å². The molecular weight excluding hydrogens is 365 g/mol. The van der Waals surface area contributed by atoms with Crippen molar-refractivity contribution in [2.75, 3.05) is 6.61 Å². The molecule has 0 saturated heterocycles. The van der Waals surface area contributed by atoms with E-state index in [0.29, 0.717) is 22.3 Å². The Kier molecular flexibility index (Phi) is 5.94. The number of hydrogen-bond donors (Lipinski definition) is 6. The van der Waals surface area contributed by atoms with Gasteiger partial charge in [-0.05, 0) is 52.0 Å². The van der Waals surface area contributed by atoms with Gasteiger partial charge in [0.05, 0.1) is 12.5 Å². The van der Waals surface area contributed by atoms with Crippen LogP contribution in [0.1, 0.15) is 24.0 Å². The van der Waals surface area contributed by atoms with Gasteiger partial charge < -0.3 is 34.9 Å². The van der Waals surface area contributed by atoms with Crippen LogP contribution < -0.4 is 16.4 Å². The number of carbonyl (C=O) groups is 1. The molecule has 0 aliphatic heterocycles. The lowest BCUT2D eigenvalue weighted by molar-refractivity contribution is -0.145. The molecule has 0 amide bonds. The van der Waals surface area contributed by atoms with E-state index in [-0.39, 0.29) is 29.4 Å². The van der Waals surface area contributed by atoms with Crippen LogP contribution in [0.2, 0.25) is 0 Å². The van der Waals surface area contributed by atoms with Crippen LogP contribution in [0, 0.1) is 0 Å². The Hall–Kier alpha value is -2.14. The van der Waals surface area contributed by atoms with Crippen molar-refractivity contribution < 1.29 is 39.7 Å². The summed E-state index contributed by atoms with van der Waals surface area (Å²) in [5.41, 5.74) is 2.37. The number of fused-ring (bicyclic) bond motifs is 3. The summed E-state index contributed by atoms with van der Waals surface area (Å²) < 4.78 is 5.15. The summed E-state index contributed by atoms with van der Waals surface area (Å²) in [6.45, 7) is 1.86. The summed E-state index contributed by atoms with van der Waals surface area (Å²) in [5.74, 6) is -1.22. The van der Waals surface area contributed by atoms with E-state index in [9.17, 15) is 34.9 Å². The minimum atomic E-state index is -1.92. The molecule has 11 heteroatoms. The van der Waals surface area contributed by atoms with Gasteiger partial charge in [-0.3, -0.25) is 4.79 Å². The number of ether oxygens (including phenoxy) is 1. The van der Waals surface area contributed by atoms with Crippen LogP contribution in [0.15, 0.2) is 30.3 Å². The molecule has 2 aromatic carbocycles. The second kappa shape index (κ2) is 8.08. The molecule has 0 aromatic heterocycles. The Balaban J connectivity index is 2.23. The van der Waals surface area contributed by atoms with Gasteiger partial charge in [0.25, 0.3) is 0 Å². The molecule has 1 aliphatic carbocycles. The van der Waals surface area contributed by atoms with Crippen molar-refractivity contribution in [1.29, 1.82) is 0 Å². The van der Waals surface area contributed by atoms with Crippen molar-refractivity contribution in [3.05, 3.63) is 41.5 Å². The quantitative estimate of drug-likeness (QED) is 0.231. The Labute approximate surface area is 162 Å². The maximum atomic E-state index is 12.5. The van der Waals surface area contributed by atoms with E-state index in [0.717, 1.165) is 0 Å². The Morgan fingerprint density at radius 3 is 2.18 bits per heavy atom. The first kappa shape index (κ1) is 20.6. The third kappa shape index (κ3) is 3.73. The molecule has 8 nitrogen and oxygen atoms in total. The highest BCUT2D eigenvalue weighted by Gasteiger charge is 2.34. The van der Waals surface area contributed by atoms with Crippen molar-refractivity contribution >= 4 is 43.7 Å². The fourth-order valence-corrected chi connectivity index (χ4v) is 3.61. The Morgan fingerprint density at radius 1 is 0.964 bits per heavy atom. The molecule has 144 valence electrons. The van der Waals surface area contributed by atoms with Crippen LogP contribution in [0.3, 0.4) is 0 Å². The van der Waals surface area contributed by atoms with E-state index >= 15 is 0 Å². The highest BCUT2D eigenvalue weighted by atomic mass is 16.5. The molecule has 0 bridgehead atoms. The fraction of sp³-hybridized carbons (Fsp3) is 0.235. The zero-order chi connectivity index (χ0) is 20.6. The predicted molar refractivity (Wildman–Crippen MR) is 104 cm³/mol. The molecule has 1 atom stereocenters. The summed E-state index contributed by atoms with van der Waals surface area (Å²) in [5, 5.41) is 57.4. The van der Waals surface area contributed by atoms with E-state index in [2.05, 4.69) is 0 Å². The van der Waals surface area contributed by atoms with Gasteiger partial charge >= 0.3 is 27.3 Å². The minimum absolute atomic E-state index is 0.0674. The van der Waals surface area contributed by atoms with Gasteiger partial charge in [0.1, 0.15) is 0 Å². The second-order valence-electron chi connectivity index (χ2n) is 6.61. The second-order valence-corrected chi connectivity index (χ2v) is 6.61. The van der Waals surface area contributed by atoms with Crippen LogP contribution in [-0.2, 0) is 16.0 Å². The molecule has 0 radical (unpaired) electrons. The van der Waals surface area contributed by atoms with E-state index in [4.69, 9.17) is 4.74 Å². The molecule has 6 N–H and O–H groups in total. The first-order valence-electron chi connectivity index (χ1n) is 8.80. The van der Waals surface area contributed by atoms with Crippen molar-refractivity contribution in [3.8, 4) is 11.1 Å². The normalized spacial score (nSPS) is 14.8. The van der Waals surface area contributed by atoms with Crippen molar-refractivity contribution in [2.45, 2.75) is 19.3 Å². The van der Waals surface area contributed by atoms with Gasteiger partial charge in [-0.1, -0.05) is 30.3 Å². The first-order valence-corrected chi connectivity index (χ1v) is 8.80. The zero-order valence-electron chi connectivity index (χ0n) is 15.1. The monoisotopic (exact) mass is 384 g/mol. The standard InChI is InChI=1S/C17H19B3O8/c1-2-28-17(21)14-5-9-6-15(19(24)25)16(20(26)27)8-12(9)11-4-3-10(18(22)23)7-13(11)14/h3-4,6-8,14,22-27H,2,5H2,1H3. The highest BCUT2D eigenvalue weighted by molar-refractivity contribution is 6.71. The molecule has 0 saturated carbocycles. The molecule has 1 aliphatic rings. The van der Waals surface area contributed by atoms with Gasteiger partial charge in [0.2, 0.25) is 0 Å². The van der Waals surface area contributed by atoms with E-state index in [1.165, 1.54) is 24.3 Å². The molecule has 3 rings (SSSR count). The maximum absolute atomic E-state index is 12.5. The lowest BCUT2D eigenvalue weighted by atomic mass is 9.62. The predicted octanol–water partition coefficient (Wildman–Crippen LogP) is -3.40. The summed E-state index contributed by atoms with van der Waals surface area (Å²) in [7, 11) is -5.56. The summed E-state index contributed by atoms with van der Waals surface area (Å²) in [4.78, 5) is 12.5. The minimum Gasteiger partial charge on any atom is -0.466 e. The van der Waals surface area contributed by atoms with Crippen molar-refractivity contribution in [3.63, 3.8) is 0 Å². The van der Waals surface area contributed by atoms with Crippen molar-refractivity contribution in [1.82, 2.24) is 0 Å². The number of rotatable bonds is 5. The summed E-state index contributed by atoms with van der Waals surface area (Å²) in [6.07, 6.45) is 0.174. The van der Waals surface area contributed by atoms with Crippen LogP contribution in [0.5, 0.6) is 0 Å². The number of esters is 1.